The van der Waals surface area contributed by atoms with Gasteiger partial charge in [0.2, 0.25) is 0 Å². The predicted octanol–water partition coefficient (Wildman–Crippen LogP) is 2.76. The Kier molecular flexibility index (Phi) is 10.7. The first-order valence-corrected chi connectivity index (χ1v) is 17.9. The van der Waals surface area contributed by atoms with Gasteiger partial charge in [-0.05, 0) is 40.2 Å². The fourth-order valence-corrected chi connectivity index (χ4v) is 7.89. The Hall–Kier alpha value is -4.16. The molecule has 2 aliphatic heterocycles. The maximum atomic E-state index is 14.3. The van der Waals surface area contributed by atoms with Gasteiger partial charge in [0.15, 0.2) is 34.3 Å². The van der Waals surface area contributed by atoms with Crippen LogP contribution in [0.3, 0.4) is 0 Å². The van der Waals surface area contributed by atoms with Crippen LogP contribution in [0.25, 0.3) is 11.2 Å². The van der Waals surface area contributed by atoms with E-state index in [1.54, 1.807) is 60.7 Å². The van der Waals surface area contributed by atoms with Gasteiger partial charge in [0.05, 0.1) is 25.9 Å². The second-order valence-corrected chi connectivity index (χ2v) is 14.0. The van der Waals surface area contributed by atoms with Gasteiger partial charge in [-0.2, -0.15) is 0 Å². The van der Waals surface area contributed by atoms with E-state index in [4.69, 9.17) is 23.5 Å². The van der Waals surface area contributed by atoms with Crippen molar-refractivity contribution in [2.75, 3.05) is 30.0 Å². The SMILES string of the molecule is CC(=O)O[C@@H]1[C@H](OC(C)=O)[C@@H](COP(=O)(Nc2ccccc2)Nc2ccccc2)O[C@H]1n1c(Br)nc2c(=O)n([C@H]3CO[C@@H](CO)[C@H]3O)cnc21. The number of rotatable bonds is 12. The molecule has 6 rings (SSSR count). The van der Waals surface area contributed by atoms with Gasteiger partial charge in [-0.1, -0.05) is 36.4 Å². The zero-order valence-electron chi connectivity index (χ0n) is 26.7. The Morgan fingerprint density at radius 1 is 1.00 bits per heavy atom. The average molecular weight is 778 g/mol. The van der Waals surface area contributed by atoms with Gasteiger partial charge >= 0.3 is 19.6 Å². The lowest BCUT2D eigenvalue weighted by atomic mass is 10.1. The highest BCUT2D eigenvalue weighted by atomic mass is 79.9. The smallest absolute Gasteiger partial charge is 0.391 e. The first-order chi connectivity index (χ1) is 24.0. The van der Waals surface area contributed by atoms with Crippen molar-refractivity contribution in [2.24, 2.45) is 0 Å². The molecule has 50 heavy (non-hydrogen) atoms. The number of nitrogens with one attached hydrogen (secondary N) is 2. The number of fused-ring (bicyclic) bond motifs is 1. The Bertz CT molecular complexity index is 1900. The molecular formula is C31H34BrN6O11P. The van der Waals surface area contributed by atoms with Crippen LogP contribution in [-0.2, 0) is 37.6 Å². The standard InChI is InChI=1S/C31H34BrN6O11P/c1-17(40)47-26-23(15-46-50(44,35-19-9-5-3-6-10-19)36-20-11-7-4-8-12-20)49-30(27(26)48-18(2)41)38-28-24(34-31(38)32)29(43)37(16-33-28)21-14-45-22(13-39)25(21)42/h3-12,16,21-23,25-27,30,39,42H,13-15H2,1-2H3,(H2,35,36,44)/t21-,22-,23+,25-,26+,27+,30+/m0/s1. The normalized spacial score (nSPS) is 25.0. The number of aromatic nitrogens is 4. The van der Waals surface area contributed by atoms with Crippen molar-refractivity contribution in [2.45, 2.75) is 56.6 Å². The molecule has 4 aromatic rings. The maximum Gasteiger partial charge on any atom is 0.391 e. The molecule has 0 amide bonds. The largest absolute Gasteiger partial charge is 0.456 e. The molecule has 4 heterocycles. The van der Waals surface area contributed by atoms with Crippen LogP contribution < -0.4 is 15.7 Å². The summed E-state index contributed by atoms with van der Waals surface area (Å²) in [6.07, 6.45) is -5.86. The molecule has 7 atom stereocenters. The monoisotopic (exact) mass is 776 g/mol. The van der Waals surface area contributed by atoms with Crippen molar-refractivity contribution in [1.82, 2.24) is 19.1 Å². The summed E-state index contributed by atoms with van der Waals surface area (Å²) in [6.45, 7) is 1.42. The van der Waals surface area contributed by atoms with Crippen LogP contribution in [0.1, 0.15) is 26.1 Å². The van der Waals surface area contributed by atoms with Gasteiger partial charge in [-0.25, -0.2) is 14.5 Å². The van der Waals surface area contributed by atoms with Gasteiger partial charge in [0.1, 0.15) is 24.6 Å². The quantitative estimate of drug-likeness (QED) is 0.0925. The minimum Gasteiger partial charge on any atom is -0.456 e. The second-order valence-electron chi connectivity index (χ2n) is 11.5. The Balaban J connectivity index is 1.34. The summed E-state index contributed by atoms with van der Waals surface area (Å²) < 4.78 is 45.9. The van der Waals surface area contributed by atoms with Crippen molar-refractivity contribution < 1.29 is 47.8 Å². The molecule has 0 saturated carbocycles. The zero-order chi connectivity index (χ0) is 35.6. The number of anilines is 2. The van der Waals surface area contributed by atoms with Gasteiger partial charge in [-0.15, -0.1) is 0 Å². The summed E-state index contributed by atoms with van der Waals surface area (Å²) in [6, 6.07) is 16.6. The van der Waals surface area contributed by atoms with E-state index in [2.05, 4.69) is 36.1 Å². The molecule has 0 aliphatic carbocycles. The number of imidazole rings is 1. The van der Waals surface area contributed by atoms with Crippen LogP contribution in [0.4, 0.5) is 11.4 Å². The highest BCUT2D eigenvalue weighted by molar-refractivity contribution is 9.10. The van der Waals surface area contributed by atoms with Gasteiger partial charge in [-0.3, -0.25) is 38.2 Å². The molecule has 0 spiro atoms. The molecule has 2 aromatic carbocycles. The van der Waals surface area contributed by atoms with Gasteiger partial charge in [0, 0.05) is 25.2 Å². The topological polar surface area (TPSA) is 215 Å². The van der Waals surface area contributed by atoms with E-state index in [1.165, 1.54) is 29.3 Å². The number of aliphatic hydroxyl groups is 2. The third kappa shape index (κ3) is 7.46. The number of hydrogen-bond acceptors (Lipinski definition) is 13. The van der Waals surface area contributed by atoms with Crippen molar-refractivity contribution in [1.29, 1.82) is 0 Å². The number of aliphatic hydroxyl groups excluding tert-OH is 2. The van der Waals surface area contributed by atoms with Crippen LogP contribution in [0.15, 0.2) is 76.5 Å². The summed E-state index contributed by atoms with van der Waals surface area (Å²) in [5.41, 5.74) is 0.245. The summed E-state index contributed by atoms with van der Waals surface area (Å²) in [7, 11) is -3.95. The molecule has 0 unspecified atom stereocenters. The third-order valence-electron chi connectivity index (χ3n) is 8.04. The number of carbonyl (C=O) groups excluding carboxylic acids is 2. The maximum absolute atomic E-state index is 14.3. The number of esters is 2. The Morgan fingerprint density at radius 3 is 2.16 bits per heavy atom. The molecule has 2 aromatic heterocycles. The van der Waals surface area contributed by atoms with Crippen molar-refractivity contribution in [3.05, 3.63) is 82.1 Å². The molecular weight excluding hydrogens is 743 g/mol. The third-order valence-corrected chi connectivity index (χ3v) is 10.2. The molecule has 0 radical (unpaired) electrons. The van der Waals surface area contributed by atoms with E-state index >= 15 is 0 Å². The van der Waals surface area contributed by atoms with Crippen LogP contribution in [0.2, 0.25) is 0 Å². The molecule has 2 fully saturated rings. The average Bonchev–Trinajstić information content (AvgIpc) is 3.73. The number of nitrogens with zero attached hydrogens (tertiary/aromatic N) is 4. The van der Waals surface area contributed by atoms with Crippen LogP contribution in [0.5, 0.6) is 0 Å². The number of hydrogen-bond donors (Lipinski definition) is 4. The van der Waals surface area contributed by atoms with E-state index in [-0.39, 0.29) is 22.5 Å². The number of halogens is 1. The Morgan fingerprint density at radius 2 is 1.60 bits per heavy atom. The van der Waals surface area contributed by atoms with E-state index < -0.39 is 81.2 Å². The Labute approximate surface area is 293 Å². The fraction of sp³-hybridized carbons (Fsp3) is 0.387. The van der Waals surface area contributed by atoms with E-state index in [0.717, 1.165) is 0 Å². The fourth-order valence-electron chi connectivity index (χ4n) is 5.83. The molecule has 19 heteroatoms. The van der Waals surface area contributed by atoms with E-state index in [0.29, 0.717) is 11.4 Å². The zero-order valence-corrected chi connectivity index (χ0v) is 29.2. The summed E-state index contributed by atoms with van der Waals surface area (Å²) in [4.78, 5) is 47.1. The highest BCUT2D eigenvalue weighted by Gasteiger charge is 2.52. The number of ether oxygens (including phenoxy) is 4. The van der Waals surface area contributed by atoms with Crippen LogP contribution in [-0.4, -0.2) is 91.6 Å². The summed E-state index contributed by atoms with van der Waals surface area (Å²) in [5.74, 6) is -1.45. The number of para-hydroxylation sites is 2. The van der Waals surface area contributed by atoms with Crippen molar-refractivity contribution >= 4 is 58.1 Å². The van der Waals surface area contributed by atoms with Crippen molar-refractivity contribution in [3.63, 3.8) is 0 Å². The summed E-state index contributed by atoms with van der Waals surface area (Å²) in [5, 5.41) is 25.9. The summed E-state index contributed by atoms with van der Waals surface area (Å²) >= 11 is 3.36. The minimum absolute atomic E-state index is 0.0118. The molecule has 17 nitrogen and oxygen atoms in total. The van der Waals surface area contributed by atoms with E-state index in [1.807, 2.05) is 0 Å². The van der Waals surface area contributed by atoms with Crippen molar-refractivity contribution in [3.8, 4) is 0 Å². The highest BCUT2D eigenvalue weighted by Crippen LogP contribution is 2.48. The molecule has 4 N–H and O–H groups in total. The van der Waals surface area contributed by atoms with Gasteiger partial charge < -0.3 is 29.2 Å². The van der Waals surface area contributed by atoms with Crippen LogP contribution >= 0.6 is 23.6 Å². The lowest BCUT2D eigenvalue weighted by molar-refractivity contribution is -0.165. The van der Waals surface area contributed by atoms with Crippen LogP contribution in [0, 0.1) is 0 Å². The number of benzene rings is 2. The first-order valence-electron chi connectivity index (χ1n) is 15.4. The lowest BCUT2D eigenvalue weighted by Gasteiger charge is -2.26. The molecule has 2 aliphatic rings. The number of carbonyl (C=O) groups is 2. The molecule has 2 saturated heterocycles. The van der Waals surface area contributed by atoms with E-state index in [9.17, 15) is 29.2 Å². The predicted molar refractivity (Wildman–Crippen MR) is 180 cm³/mol. The first kappa shape index (κ1) is 35.7. The van der Waals surface area contributed by atoms with Gasteiger partial charge in [0.25, 0.3) is 5.56 Å². The molecule has 0 bridgehead atoms. The minimum atomic E-state index is -3.95. The lowest BCUT2D eigenvalue weighted by Crippen LogP contribution is -2.40. The second kappa shape index (κ2) is 15.0. The molecule has 266 valence electrons.